The number of rotatable bonds is 8. The number of halogens is 1. The number of hydrogen-bond acceptors (Lipinski definition) is 5. The van der Waals surface area contributed by atoms with Crippen LogP contribution in [0.1, 0.15) is 15.9 Å². The molecule has 0 atom stereocenters. The second-order valence-electron chi connectivity index (χ2n) is 6.32. The van der Waals surface area contributed by atoms with Crippen molar-refractivity contribution < 1.29 is 19.1 Å². The van der Waals surface area contributed by atoms with Gasteiger partial charge >= 0.3 is 0 Å². The summed E-state index contributed by atoms with van der Waals surface area (Å²) < 4.78 is 10.7. The van der Waals surface area contributed by atoms with Crippen molar-refractivity contribution in [2.45, 2.75) is 0 Å². The van der Waals surface area contributed by atoms with Crippen molar-refractivity contribution in [3.05, 3.63) is 88.9 Å². The Bertz CT molecular complexity index is 1090. The third kappa shape index (κ3) is 6.58. The van der Waals surface area contributed by atoms with Gasteiger partial charge in [0.15, 0.2) is 6.61 Å². The highest BCUT2D eigenvalue weighted by Gasteiger charge is 2.09. The zero-order chi connectivity index (χ0) is 22.1. The molecular weight excluding hydrogens is 418 g/mol. The van der Waals surface area contributed by atoms with Crippen LogP contribution in [0.5, 0.6) is 11.5 Å². The molecule has 0 bridgehead atoms. The van der Waals surface area contributed by atoms with Crippen LogP contribution in [0.3, 0.4) is 0 Å². The summed E-state index contributed by atoms with van der Waals surface area (Å²) in [6.07, 6.45) is 1.40. The Morgan fingerprint density at radius 3 is 2.61 bits per heavy atom. The second kappa shape index (κ2) is 10.8. The molecule has 7 nitrogen and oxygen atoms in total. The maximum absolute atomic E-state index is 12.3. The zero-order valence-electron chi connectivity index (χ0n) is 16.7. The van der Waals surface area contributed by atoms with Gasteiger partial charge < -0.3 is 14.8 Å². The van der Waals surface area contributed by atoms with Crippen LogP contribution in [0.2, 0.25) is 5.02 Å². The number of ether oxygens (including phenoxy) is 2. The van der Waals surface area contributed by atoms with Crippen molar-refractivity contribution >= 4 is 35.3 Å². The standard InChI is InChI=1S/C23H20ClN3O4/c1-30-20-9-5-6-16(13-20)23(29)27-25-14-17-12-18(24)10-11-21(17)31-15-22(28)26-19-7-3-2-4-8-19/h2-14H,15H2,1H3,(H,26,28)(H,27,29)/b25-14+. The lowest BCUT2D eigenvalue weighted by Crippen LogP contribution is -2.20. The van der Waals surface area contributed by atoms with Crippen LogP contribution in [0, 0.1) is 0 Å². The van der Waals surface area contributed by atoms with Crippen molar-refractivity contribution in [1.82, 2.24) is 5.43 Å². The van der Waals surface area contributed by atoms with Gasteiger partial charge in [-0.05, 0) is 48.5 Å². The van der Waals surface area contributed by atoms with Crippen LogP contribution in [0.25, 0.3) is 0 Å². The number of methoxy groups -OCH3 is 1. The molecule has 2 amide bonds. The first kappa shape index (κ1) is 21.9. The predicted octanol–water partition coefficient (Wildman–Crippen LogP) is 4.13. The Balaban J connectivity index is 1.62. The Morgan fingerprint density at radius 1 is 1.03 bits per heavy atom. The molecule has 0 radical (unpaired) electrons. The summed E-state index contributed by atoms with van der Waals surface area (Å²) >= 11 is 6.06. The minimum absolute atomic E-state index is 0.201. The van der Waals surface area contributed by atoms with E-state index in [1.54, 1.807) is 54.6 Å². The first-order chi connectivity index (χ1) is 15.0. The van der Waals surface area contributed by atoms with Crippen molar-refractivity contribution in [3.63, 3.8) is 0 Å². The third-order valence-corrected chi connectivity index (χ3v) is 4.32. The molecule has 0 aromatic heterocycles. The van der Waals surface area contributed by atoms with Gasteiger partial charge in [0.2, 0.25) is 0 Å². The van der Waals surface area contributed by atoms with Crippen LogP contribution in [0.15, 0.2) is 77.9 Å². The van der Waals surface area contributed by atoms with Gasteiger partial charge in [-0.15, -0.1) is 0 Å². The SMILES string of the molecule is COc1cccc(C(=O)N/N=C/c2cc(Cl)ccc2OCC(=O)Nc2ccccc2)c1. The summed E-state index contributed by atoms with van der Waals surface area (Å²) in [5.41, 5.74) is 4.02. The van der Waals surface area contributed by atoms with E-state index in [2.05, 4.69) is 15.8 Å². The van der Waals surface area contributed by atoms with Gasteiger partial charge in [0.25, 0.3) is 11.8 Å². The molecule has 0 heterocycles. The van der Waals surface area contributed by atoms with Gasteiger partial charge in [0.1, 0.15) is 11.5 Å². The van der Waals surface area contributed by atoms with Crippen molar-refractivity contribution in [2.24, 2.45) is 5.10 Å². The quantitative estimate of drug-likeness (QED) is 0.409. The number of nitrogens with zero attached hydrogens (tertiary/aromatic N) is 1. The maximum atomic E-state index is 12.3. The minimum Gasteiger partial charge on any atom is -0.497 e. The Morgan fingerprint density at radius 2 is 1.84 bits per heavy atom. The van der Waals surface area contributed by atoms with Gasteiger partial charge in [-0.3, -0.25) is 9.59 Å². The summed E-state index contributed by atoms with van der Waals surface area (Å²) in [5.74, 6) is 0.250. The molecule has 0 aliphatic carbocycles. The van der Waals surface area contributed by atoms with E-state index in [0.717, 1.165) is 0 Å². The van der Waals surface area contributed by atoms with Crippen LogP contribution < -0.4 is 20.2 Å². The molecule has 3 aromatic rings. The molecule has 3 rings (SSSR count). The average Bonchev–Trinajstić information content (AvgIpc) is 2.79. The Hall–Kier alpha value is -3.84. The van der Waals surface area contributed by atoms with Crippen LogP contribution in [0.4, 0.5) is 5.69 Å². The number of hydrogen-bond donors (Lipinski definition) is 2. The number of carbonyl (C=O) groups is 2. The van der Waals surface area contributed by atoms with Crippen LogP contribution >= 0.6 is 11.6 Å². The number of hydrazone groups is 1. The molecule has 0 fully saturated rings. The molecule has 0 aliphatic rings. The van der Waals surface area contributed by atoms with E-state index < -0.39 is 5.91 Å². The smallest absolute Gasteiger partial charge is 0.271 e. The van der Waals surface area contributed by atoms with E-state index in [1.807, 2.05) is 18.2 Å². The molecule has 0 unspecified atom stereocenters. The van der Waals surface area contributed by atoms with E-state index in [9.17, 15) is 9.59 Å². The minimum atomic E-state index is -0.401. The van der Waals surface area contributed by atoms with E-state index in [-0.39, 0.29) is 12.5 Å². The highest BCUT2D eigenvalue weighted by Crippen LogP contribution is 2.21. The van der Waals surface area contributed by atoms with Crippen molar-refractivity contribution in [1.29, 1.82) is 0 Å². The number of carbonyl (C=O) groups excluding carboxylic acids is 2. The molecule has 2 N–H and O–H groups in total. The van der Waals surface area contributed by atoms with Gasteiger partial charge in [-0.25, -0.2) is 5.43 Å². The number of para-hydroxylation sites is 1. The van der Waals surface area contributed by atoms with E-state index >= 15 is 0 Å². The van der Waals surface area contributed by atoms with Crippen LogP contribution in [-0.4, -0.2) is 31.7 Å². The third-order valence-electron chi connectivity index (χ3n) is 4.09. The fourth-order valence-corrected chi connectivity index (χ4v) is 2.78. The summed E-state index contributed by atoms with van der Waals surface area (Å²) in [6.45, 7) is -0.201. The van der Waals surface area contributed by atoms with E-state index in [1.165, 1.54) is 13.3 Å². The number of benzene rings is 3. The maximum Gasteiger partial charge on any atom is 0.271 e. The topological polar surface area (TPSA) is 89.0 Å². The van der Waals surface area contributed by atoms with Gasteiger partial charge in [0, 0.05) is 21.8 Å². The van der Waals surface area contributed by atoms with Gasteiger partial charge in [-0.2, -0.15) is 5.10 Å². The fraction of sp³-hybridized carbons (Fsp3) is 0.0870. The number of nitrogens with one attached hydrogen (secondary N) is 2. The molecule has 0 aliphatic heterocycles. The normalized spacial score (nSPS) is 10.5. The summed E-state index contributed by atoms with van der Waals surface area (Å²) in [5, 5.41) is 7.16. The van der Waals surface area contributed by atoms with E-state index in [0.29, 0.717) is 33.3 Å². The summed E-state index contributed by atoms with van der Waals surface area (Å²) in [6, 6.07) is 20.6. The lowest BCUT2D eigenvalue weighted by Gasteiger charge is -2.10. The van der Waals surface area contributed by atoms with Gasteiger partial charge in [-0.1, -0.05) is 35.9 Å². The molecule has 0 saturated carbocycles. The second-order valence-corrected chi connectivity index (χ2v) is 6.75. The zero-order valence-corrected chi connectivity index (χ0v) is 17.4. The highest BCUT2D eigenvalue weighted by molar-refractivity contribution is 6.30. The summed E-state index contributed by atoms with van der Waals surface area (Å²) in [7, 11) is 1.52. The summed E-state index contributed by atoms with van der Waals surface area (Å²) in [4.78, 5) is 24.4. The fourth-order valence-electron chi connectivity index (χ4n) is 2.60. The lowest BCUT2D eigenvalue weighted by atomic mass is 10.2. The Labute approximate surface area is 184 Å². The van der Waals surface area contributed by atoms with E-state index in [4.69, 9.17) is 21.1 Å². The average molecular weight is 438 g/mol. The highest BCUT2D eigenvalue weighted by atomic mass is 35.5. The largest absolute Gasteiger partial charge is 0.497 e. The molecule has 158 valence electrons. The first-order valence-electron chi connectivity index (χ1n) is 9.30. The predicted molar refractivity (Wildman–Crippen MR) is 120 cm³/mol. The molecule has 8 heteroatoms. The Kier molecular flexibility index (Phi) is 7.61. The lowest BCUT2D eigenvalue weighted by molar-refractivity contribution is -0.118. The number of anilines is 1. The van der Waals surface area contributed by atoms with Gasteiger partial charge in [0.05, 0.1) is 13.3 Å². The monoisotopic (exact) mass is 437 g/mol. The molecular formula is C23H20ClN3O4. The number of amides is 2. The molecule has 0 saturated heterocycles. The molecule has 31 heavy (non-hydrogen) atoms. The molecule has 3 aromatic carbocycles. The molecule has 0 spiro atoms. The van der Waals surface area contributed by atoms with Crippen molar-refractivity contribution in [2.75, 3.05) is 19.0 Å². The van der Waals surface area contributed by atoms with Crippen LogP contribution in [-0.2, 0) is 4.79 Å². The van der Waals surface area contributed by atoms with Crippen molar-refractivity contribution in [3.8, 4) is 11.5 Å². The first-order valence-corrected chi connectivity index (χ1v) is 9.67.